The van der Waals surface area contributed by atoms with E-state index in [1.54, 1.807) is 0 Å². The van der Waals surface area contributed by atoms with Crippen molar-refractivity contribution in [2.45, 2.75) is 6.42 Å². The van der Waals surface area contributed by atoms with E-state index in [1.165, 1.54) is 0 Å². The van der Waals surface area contributed by atoms with Gasteiger partial charge in [-0.3, -0.25) is 0 Å². The molecule has 0 aliphatic rings. The molecule has 0 saturated heterocycles. The van der Waals surface area contributed by atoms with Gasteiger partial charge in [0.2, 0.25) is 0 Å². The van der Waals surface area contributed by atoms with Gasteiger partial charge in [0, 0.05) is 18.7 Å². The average Bonchev–Trinajstić information content (AvgIpc) is 2.07. The van der Waals surface area contributed by atoms with E-state index in [-0.39, 0.29) is 0 Å². The Morgan fingerprint density at radius 3 is 2.92 bits per heavy atom. The van der Waals surface area contributed by atoms with E-state index in [0.717, 1.165) is 23.1 Å². The summed E-state index contributed by atoms with van der Waals surface area (Å²) in [6.45, 7) is 0.922. The number of hydrogen-bond acceptors (Lipinski definition) is 2. The standard InChI is InChI=1S/C8H10BrClN2/c1-11-5-4-6-2-3-7(9)8(10)12-6/h2-3,11H,4-5H2,1H3. The number of halogens is 2. The Morgan fingerprint density at radius 2 is 2.33 bits per heavy atom. The van der Waals surface area contributed by atoms with Gasteiger partial charge in [0.25, 0.3) is 0 Å². The van der Waals surface area contributed by atoms with Gasteiger partial charge in [-0.1, -0.05) is 11.6 Å². The van der Waals surface area contributed by atoms with Crippen LogP contribution in [0.1, 0.15) is 5.69 Å². The van der Waals surface area contributed by atoms with Crippen LogP contribution < -0.4 is 5.32 Å². The third-order valence-corrected chi connectivity index (χ3v) is 2.65. The SMILES string of the molecule is CNCCc1ccc(Br)c(Cl)n1. The van der Waals surface area contributed by atoms with Crippen LogP contribution in [0, 0.1) is 0 Å². The summed E-state index contributed by atoms with van der Waals surface area (Å²) in [5, 5.41) is 3.59. The molecule has 0 saturated carbocycles. The normalized spacial score (nSPS) is 10.2. The van der Waals surface area contributed by atoms with Crippen molar-refractivity contribution in [2.75, 3.05) is 13.6 Å². The monoisotopic (exact) mass is 248 g/mol. The van der Waals surface area contributed by atoms with Crippen LogP contribution in [0.5, 0.6) is 0 Å². The highest BCUT2D eigenvalue weighted by atomic mass is 79.9. The van der Waals surface area contributed by atoms with Gasteiger partial charge in [-0.25, -0.2) is 4.98 Å². The van der Waals surface area contributed by atoms with E-state index < -0.39 is 0 Å². The molecule has 1 aromatic heterocycles. The van der Waals surface area contributed by atoms with Gasteiger partial charge in [0.05, 0.1) is 4.47 Å². The van der Waals surface area contributed by atoms with E-state index in [1.807, 2.05) is 19.2 Å². The molecule has 0 fully saturated rings. The molecule has 0 aliphatic heterocycles. The zero-order valence-electron chi connectivity index (χ0n) is 6.77. The van der Waals surface area contributed by atoms with Gasteiger partial charge in [-0.2, -0.15) is 0 Å². The van der Waals surface area contributed by atoms with E-state index in [0.29, 0.717) is 5.15 Å². The zero-order valence-corrected chi connectivity index (χ0v) is 9.11. The van der Waals surface area contributed by atoms with Crippen LogP contribution in [0.25, 0.3) is 0 Å². The number of nitrogens with zero attached hydrogens (tertiary/aromatic N) is 1. The van der Waals surface area contributed by atoms with Crippen LogP contribution in [0.3, 0.4) is 0 Å². The fourth-order valence-electron chi connectivity index (χ4n) is 0.847. The fraction of sp³-hybridized carbons (Fsp3) is 0.375. The molecular formula is C8H10BrClN2. The molecule has 2 nitrogen and oxygen atoms in total. The molecule has 12 heavy (non-hydrogen) atoms. The Morgan fingerprint density at radius 1 is 1.58 bits per heavy atom. The number of aromatic nitrogens is 1. The maximum absolute atomic E-state index is 5.81. The van der Waals surface area contributed by atoms with Crippen molar-refractivity contribution in [2.24, 2.45) is 0 Å². The molecule has 1 aromatic rings. The number of rotatable bonds is 3. The summed E-state index contributed by atoms with van der Waals surface area (Å²) in [6.07, 6.45) is 0.906. The minimum absolute atomic E-state index is 0.531. The van der Waals surface area contributed by atoms with Gasteiger partial charge in [-0.05, 0) is 35.1 Å². The van der Waals surface area contributed by atoms with Crippen molar-refractivity contribution < 1.29 is 0 Å². The third-order valence-electron chi connectivity index (χ3n) is 1.49. The predicted octanol–water partition coefficient (Wildman–Crippen LogP) is 2.26. The lowest BCUT2D eigenvalue weighted by molar-refractivity contribution is 0.776. The Balaban J connectivity index is 2.69. The molecule has 1 rings (SSSR count). The number of pyridine rings is 1. The summed E-state index contributed by atoms with van der Waals surface area (Å²) >= 11 is 9.10. The number of likely N-dealkylation sites (N-methyl/N-ethyl adjacent to an activating group) is 1. The van der Waals surface area contributed by atoms with Crippen molar-refractivity contribution in [1.82, 2.24) is 10.3 Å². The molecule has 0 bridgehead atoms. The first-order valence-corrected chi connectivity index (χ1v) is 4.86. The summed E-state index contributed by atoms with van der Waals surface area (Å²) in [5.74, 6) is 0. The van der Waals surface area contributed by atoms with Gasteiger partial charge >= 0.3 is 0 Å². The zero-order chi connectivity index (χ0) is 8.97. The van der Waals surface area contributed by atoms with Gasteiger partial charge in [-0.15, -0.1) is 0 Å². The molecule has 0 amide bonds. The van der Waals surface area contributed by atoms with Crippen molar-refractivity contribution in [3.8, 4) is 0 Å². The summed E-state index contributed by atoms with van der Waals surface area (Å²) in [5.41, 5.74) is 1.01. The van der Waals surface area contributed by atoms with Crippen molar-refractivity contribution in [3.05, 3.63) is 27.5 Å². The van der Waals surface area contributed by atoms with E-state index in [4.69, 9.17) is 11.6 Å². The number of nitrogens with one attached hydrogen (secondary N) is 1. The average molecular weight is 250 g/mol. The highest BCUT2D eigenvalue weighted by Crippen LogP contribution is 2.19. The van der Waals surface area contributed by atoms with Crippen LogP contribution in [0.2, 0.25) is 5.15 Å². The molecule has 0 spiro atoms. The Labute approximate surface area is 85.5 Å². The fourth-order valence-corrected chi connectivity index (χ4v) is 1.24. The summed E-state index contributed by atoms with van der Waals surface area (Å²) in [7, 11) is 1.92. The van der Waals surface area contributed by atoms with Crippen molar-refractivity contribution in [1.29, 1.82) is 0 Å². The molecule has 0 radical (unpaired) electrons. The molecule has 66 valence electrons. The minimum Gasteiger partial charge on any atom is -0.319 e. The molecular weight excluding hydrogens is 239 g/mol. The quantitative estimate of drug-likeness (QED) is 0.831. The lowest BCUT2D eigenvalue weighted by Gasteiger charge is -2.01. The van der Waals surface area contributed by atoms with Gasteiger partial charge < -0.3 is 5.32 Å². The molecule has 0 atom stereocenters. The lowest BCUT2D eigenvalue weighted by atomic mass is 10.3. The second-order valence-electron chi connectivity index (χ2n) is 2.43. The second kappa shape index (κ2) is 4.80. The smallest absolute Gasteiger partial charge is 0.143 e. The largest absolute Gasteiger partial charge is 0.319 e. The van der Waals surface area contributed by atoms with Crippen LogP contribution >= 0.6 is 27.5 Å². The second-order valence-corrected chi connectivity index (χ2v) is 3.64. The highest BCUT2D eigenvalue weighted by molar-refractivity contribution is 9.10. The Kier molecular flexibility index (Phi) is 3.98. The first-order chi connectivity index (χ1) is 5.74. The predicted molar refractivity (Wildman–Crippen MR) is 54.6 cm³/mol. The first kappa shape index (κ1) is 9.96. The van der Waals surface area contributed by atoms with Crippen LogP contribution in [0.15, 0.2) is 16.6 Å². The molecule has 0 unspecified atom stereocenters. The first-order valence-electron chi connectivity index (χ1n) is 3.69. The van der Waals surface area contributed by atoms with Crippen molar-refractivity contribution >= 4 is 27.5 Å². The third kappa shape index (κ3) is 2.73. The molecule has 1 N–H and O–H groups in total. The van der Waals surface area contributed by atoms with Gasteiger partial charge in [0.1, 0.15) is 5.15 Å². The maximum atomic E-state index is 5.81. The maximum Gasteiger partial charge on any atom is 0.143 e. The minimum atomic E-state index is 0.531. The van der Waals surface area contributed by atoms with Crippen molar-refractivity contribution in [3.63, 3.8) is 0 Å². The van der Waals surface area contributed by atoms with E-state index in [2.05, 4.69) is 26.2 Å². The van der Waals surface area contributed by atoms with E-state index in [9.17, 15) is 0 Å². The molecule has 1 heterocycles. The van der Waals surface area contributed by atoms with Gasteiger partial charge in [0.15, 0.2) is 0 Å². The summed E-state index contributed by atoms with van der Waals surface area (Å²) in [6, 6.07) is 3.88. The van der Waals surface area contributed by atoms with E-state index >= 15 is 0 Å². The number of hydrogen-bond donors (Lipinski definition) is 1. The summed E-state index contributed by atoms with van der Waals surface area (Å²) < 4.78 is 0.845. The Bertz CT molecular complexity index is 265. The molecule has 0 aliphatic carbocycles. The van der Waals surface area contributed by atoms with Crippen LogP contribution in [0.4, 0.5) is 0 Å². The molecule has 0 aromatic carbocycles. The lowest BCUT2D eigenvalue weighted by Crippen LogP contribution is -2.11. The molecule has 4 heteroatoms. The topological polar surface area (TPSA) is 24.9 Å². The van der Waals surface area contributed by atoms with Crippen LogP contribution in [-0.2, 0) is 6.42 Å². The summed E-state index contributed by atoms with van der Waals surface area (Å²) in [4.78, 5) is 4.19. The Hall–Kier alpha value is -0.120. The van der Waals surface area contributed by atoms with Crippen LogP contribution in [-0.4, -0.2) is 18.6 Å². The highest BCUT2D eigenvalue weighted by Gasteiger charge is 1.99.